The third-order valence-corrected chi connectivity index (χ3v) is 5.55. The average Bonchev–Trinajstić information content (AvgIpc) is 3.05. The summed E-state index contributed by atoms with van der Waals surface area (Å²) in [5, 5.41) is 0.263. The van der Waals surface area contributed by atoms with E-state index in [1.165, 1.54) is 5.56 Å². The van der Waals surface area contributed by atoms with Crippen LogP contribution in [0.25, 0.3) is 6.08 Å². The van der Waals surface area contributed by atoms with Crippen molar-refractivity contribution in [2.75, 3.05) is 19.8 Å². The van der Waals surface area contributed by atoms with E-state index >= 15 is 0 Å². The SMILES string of the molecule is CCOc1cc(/C=C2\SC(N)=NC2=O)ccc1OCCCOc1ccc(C(C)(C)C)cc1. The van der Waals surface area contributed by atoms with Gasteiger partial charge in [0.25, 0.3) is 5.91 Å². The molecule has 3 rings (SSSR count). The predicted octanol–water partition coefficient (Wildman–Crippen LogP) is 5.16. The monoisotopic (exact) mass is 454 g/mol. The molecule has 0 unspecified atom stereocenters. The molecule has 0 radical (unpaired) electrons. The van der Waals surface area contributed by atoms with E-state index in [-0.39, 0.29) is 16.5 Å². The van der Waals surface area contributed by atoms with Crippen molar-refractivity contribution >= 4 is 28.9 Å². The maximum atomic E-state index is 11.8. The largest absolute Gasteiger partial charge is 0.493 e. The number of carbonyl (C=O) groups is 1. The molecule has 0 spiro atoms. The highest BCUT2D eigenvalue weighted by Crippen LogP contribution is 2.32. The molecule has 1 heterocycles. The second kappa shape index (κ2) is 10.6. The second-order valence-corrected chi connectivity index (χ2v) is 9.39. The van der Waals surface area contributed by atoms with Crippen LogP contribution in [0.3, 0.4) is 0 Å². The van der Waals surface area contributed by atoms with Gasteiger partial charge in [0.05, 0.1) is 24.7 Å². The highest BCUT2D eigenvalue weighted by molar-refractivity contribution is 8.18. The molecule has 1 aliphatic heterocycles. The maximum Gasteiger partial charge on any atom is 0.286 e. The van der Waals surface area contributed by atoms with Gasteiger partial charge >= 0.3 is 0 Å². The Morgan fingerprint density at radius 2 is 1.72 bits per heavy atom. The van der Waals surface area contributed by atoms with E-state index in [2.05, 4.69) is 37.9 Å². The van der Waals surface area contributed by atoms with Crippen LogP contribution in [0.2, 0.25) is 0 Å². The van der Waals surface area contributed by atoms with Crippen molar-refractivity contribution in [1.29, 1.82) is 0 Å². The van der Waals surface area contributed by atoms with Gasteiger partial charge in [-0.1, -0.05) is 39.0 Å². The van der Waals surface area contributed by atoms with E-state index in [1.54, 1.807) is 6.08 Å². The molecule has 0 fully saturated rings. The number of hydrogen-bond acceptors (Lipinski definition) is 6. The number of carbonyl (C=O) groups excluding carboxylic acids is 1. The summed E-state index contributed by atoms with van der Waals surface area (Å²) < 4.78 is 17.5. The first-order valence-electron chi connectivity index (χ1n) is 10.7. The van der Waals surface area contributed by atoms with Crippen molar-refractivity contribution < 1.29 is 19.0 Å². The third-order valence-electron chi connectivity index (χ3n) is 4.74. The summed E-state index contributed by atoms with van der Waals surface area (Å²) in [5.41, 5.74) is 7.84. The summed E-state index contributed by atoms with van der Waals surface area (Å²) >= 11 is 1.16. The minimum absolute atomic E-state index is 0.128. The molecule has 2 aromatic carbocycles. The van der Waals surface area contributed by atoms with Crippen molar-refractivity contribution in [3.63, 3.8) is 0 Å². The van der Waals surface area contributed by atoms with E-state index in [4.69, 9.17) is 19.9 Å². The molecular weight excluding hydrogens is 424 g/mol. The molecule has 32 heavy (non-hydrogen) atoms. The summed E-state index contributed by atoms with van der Waals surface area (Å²) in [5.74, 6) is 1.82. The molecule has 1 amide bonds. The lowest BCUT2D eigenvalue weighted by Crippen LogP contribution is -2.10. The first kappa shape index (κ1) is 23.7. The predicted molar refractivity (Wildman–Crippen MR) is 131 cm³/mol. The Bertz CT molecular complexity index is 1010. The standard InChI is InChI=1S/C25H30N2O4S/c1-5-29-21-15-17(16-22-23(28)27-24(26)32-22)7-12-20(21)31-14-6-13-30-19-10-8-18(9-11-19)25(2,3)4/h7-12,15-16H,5-6,13-14H2,1-4H3,(H2,26,27,28)/b22-16-. The normalized spacial score (nSPS) is 15.1. The first-order chi connectivity index (χ1) is 15.3. The van der Waals surface area contributed by atoms with Gasteiger partial charge in [0.15, 0.2) is 16.7 Å². The molecular formula is C25H30N2O4S. The van der Waals surface area contributed by atoms with Crippen molar-refractivity contribution in [3.8, 4) is 17.2 Å². The minimum Gasteiger partial charge on any atom is -0.493 e. The third kappa shape index (κ3) is 6.53. The number of nitrogens with two attached hydrogens (primary N) is 1. The first-order valence-corrected chi connectivity index (χ1v) is 11.5. The number of ether oxygens (including phenoxy) is 3. The van der Waals surface area contributed by atoms with Crippen LogP contribution < -0.4 is 19.9 Å². The van der Waals surface area contributed by atoms with E-state index < -0.39 is 0 Å². The van der Waals surface area contributed by atoms with Crippen LogP contribution in [0.15, 0.2) is 52.4 Å². The number of aliphatic imine (C=N–C) groups is 1. The van der Waals surface area contributed by atoms with Gasteiger partial charge in [0.2, 0.25) is 0 Å². The number of benzene rings is 2. The lowest BCUT2D eigenvalue weighted by Gasteiger charge is -2.19. The van der Waals surface area contributed by atoms with Crippen LogP contribution in [0.5, 0.6) is 17.2 Å². The summed E-state index contributed by atoms with van der Waals surface area (Å²) in [6.45, 7) is 10.1. The average molecular weight is 455 g/mol. The number of hydrogen-bond donors (Lipinski definition) is 1. The second-order valence-electron chi connectivity index (χ2n) is 8.33. The molecule has 0 aliphatic carbocycles. The topological polar surface area (TPSA) is 83.1 Å². The molecule has 0 bridgehead atoms. The smallest absolute Gasteiger partial charge is 0.286 e. The van der Waals surface area contributed by atoms with Gasteiger partial charge in [-0.05, 0) is 65.6 Å². The lowest BCUT2D eigenvalue weighted by molar-refractivity contribution is -0.113. The van der Waals surface area contributed by atoms with Gasteiger partial charge in [-0.2, -0.15) is 4.99 Å². The number of rotatable bonds is 9. The van der Waals surface area contributed by atoms with E-state index in [1.807, 2.05) is 37.3 Å². The van der Waals surface area contributed by atoms with Crippen LogP contribution >= 0.6 is 11.8 Å². The zero-order chi connectivity index (χ0) is 23.1. The zero-order valence-corrected chi connectivity index (χ0v) is 19.8. The van der Waals surface area contributed by atoms with Crippen molar-refractivity contribution in [2.24, 2.45) is 10.7 Å². The van der Waals surface area contributed by atoms with Crippen LogP contribution in [0.1, 0.15) is 45.2 Å². The Morgan fingerprint density at radius 3 is 2.34 bits per heavy atom. The quantitative estimate of drug-likeness (QED) is 0.416. The van der Waals surface area contributed by atoms with Crippen molar-refractivity contribution in [1.82, 2.24) is 0 Å². The molecule has 0 saturated heterocycles. The number of amidine groups is 1. The fourth-order valence-corrected chi connectivity index (χ4v) is 3.74. The number of nitrogens with zero attached hydrogens (tertiary/aromatic N) is 1. The van der Waals surface area contributed by atoms with Gasteiger partial charge < -0.3 is 19.9 Å². The minimum atomic E-state index is -0.321. The van der Waals surface area contributed by atoms with Gasteiger partial charge in [-0.15, -0.1) is 0 Å². The molecule has 0 saturated carbocycles. The van der Waals surface area contributed by atoms with Crippen molar-refractivity contribution in [2.45, 2.75) is 39.5 Å². The molecule has 2 N–H and O–H groups in total. The van der Waals surface area contributed by atoms with E-state index in [0.717, 1.165) is 29.5 Å². The summed E-state index contributed by atoms with van der Waals surface area (Å²) in [6.07, 6.45) is 2.49. The fourth-order valence-electron chi connectivity index (χ4n) is 3.06. The molecule has 0 atom stereocenters. The Kier molecular flexibility index (Phi) is 7.85. The molecule has 2 aromatic rings. The molecule has 6 nitrogen and oxygen atoms in total. The van der Waals surface area contributed by atoms with Crippen LogP contribution in [-0.4, -0.2) is 30.9 Å². The molecule has 7 heteroatoms. The highest BCUT2D eigenvalue weighted by atomic mass is 32.2. The van der Waals surface area contributed by atoms with Crippen LogP contribution in [0.4, 0.5) is 0 Å². The van der Waals surface area contributed by atoms with Gasteiger partial charge in [-0.3, -0.25) is 4.79 Å². The molecule has 1 aliphatic rings. The lowest BCUT2D eigenvalue weighted by atomic mass is 9.87. The van der Waals surface area contributed by atoms with Gasteiger partial charge in [-0.25, -0.2) is 0 Å². The summed E-state index contributed by atoms with van der Waals surface area (Å²) in [4.78, 5) is 16.0. The van der Waals surface area contributed by atoms with Crippen LogP contribution in [0, 0.1) is 0 Å². The van der Waals surface area contributed by atoms with Gasteiger partial charge in [0.1, 0.15) is 5.75 Å². The number of thioether (sulfide) groups is 1. The Morgan fingerprint density at radius 1 is 1.00 bits per heavy atom. The Labute approximate surface area is 193 Å². The fraction of sp³-hybridized carbons (Fsp3) is 0.360. The molecule has 170 valence electrons. The highest BCUT2D eigenvalue weighted by Gasteiger charge is 2.19. The maximum absolute atomic E-state index is 11.8. The summed E-state index contributed by atoms with van der Waals surface area (Å²) in [6, 6.07) is 13.8. The summed E-state index contributed by atoms with van der Waals surface area (Å²) in [7, 11) is 0. The van der Waals surface area contributed by atoms with E-state index in [9.17, 15) is 4.79 Å². The van der Waals surface area contributed by atoms with Crippen LogP contribution in [-0.2, 0) is 10.2 Å². The Hall–Kier alpha value is -2.93. The Balaban J connectivity index is 1.52. The van der Waals surface area contributed by atoms with Crippen molar-refractivity contribution in [3.05, 3.63) is 58.5 Å². The zero-order valence-electron chi connectivity index (χ0n) is 19.0. The molecule has 0 aromatic heterocycles. The van der Waals surface area contributed by atoms with Gasteiger partial charge in [0, 0.05) is 6.42 Å². The number of amides is 1. The van der Waals surface area contributed by atoms with E-state index in [0.29, 0.717) is 36.2 Å².